The van der Waals surface area contributed by atoms with Crippen molar-refractivity contribution in [1.82, 2.24) is 20.0 Å². The van der Waals surface area contributed by atoms with Crippen LogP contribution in [0.25, 0.3) is 0 Å². The third kappa shape index (κ3) is 3.62. The van der Waals surface area contributed by atoms with E-state index < -0.39 is 0 Å². The van der Waals surface area contributed by atoms with Gasteiger partial charge in [-0.15, -0.1) is 0 Å². The SMILES string of the molecule is CCc1c(C(=O)N2CCCNCC2)cnn1Cc1ccccc1. The van der Waals surface area contributed by atoms with Crippen LogP contribution in [0.3, 0.4) is 0 Å². The molecule has 23 heavy (non-hydrogen) atoms. The zero-order chi connectivity index (χ0) is 16.1. The summed E-state index contributed by atoms with van der Waals surface area (Å²) in [7, 11) is 0. The monoisotopic (exact) mass is 312 g/mol. The molecule has 0 bridgehead atoms. The molecule has 0 aliphatic carbocycles. The summed E-state index contributed by atoms with van der Waals surface area (Å²) in [5.74, 6) is 0.116. The number of nitrogens with one attached hydrogen (secondary N) is 1. The third-order valence-corrected chi connectivity index (χ3v) is 4.32. The molecule has 1 aliphatic heterocycles. The fraction of sp³-hybridized carbons (Fsp3) is 0.444. The van der Waals surface area contributed by atoms with Gasteiger partial charge in [-0.1, -0.05) is 37.3 Å². The predicted octanol–water partition coefficient (Wildman–Crippen LogP) is 1.93. The van der Waals surface area contributed by atoms with Crippen LogP contribution in [0.4, 0.5) is 0 Å². The van der Waals surface area contributed by atoms with E-state index in [1.807, 2.05) is 27.8 Å². The third-order valence-electron chi connectivity index (χ3n) is 4.32. The van der Waals surface area contributed by atoms with Crippen molar-refractivity contribution < 1.29 is 4.79 Å². The van der Waals surface area contributed by atoms with Gasteiger partial charge in [0.25, 0.3) is 5.91 Å². The fourth-order valence-corrected chi connectivity index (χ4v) is 3.07. The average molecular weight is 312 g/mol. The van der Waals surface area contributed by atoms with Crippen molar-refractivity contribution in [3.8, 4) is 0 Å². The molecule has 1 saturated heterocycles. The van der Waals surface area contributed by atoms with Gasteiger partial charge in [0.15, 0.2) is 0 Å². The summed E-state index contributed by atoms with van der Waals surface area (Å²) in [6.45, 7) is 6.23. The quantitative estimate of drug-likeness (QED) is 0.938. The van der Waals surface area contributed by atoms with E-state index in [1.54, 1.807) is 6.20 Å². The minimum Gasteiger partial charge on any atom is -0.337 e. The summed E-state index contributed by atoms with van der Waals surface area (Å²) in [5.41, 5.74) is 2.98. The highest BCUT2D eigenvalue weighted by atomic mass is 16.2. The smallest absolute Gasteiger partial charge is 0.257 e. The maximum atomic E-state index is 12.8. The van der Waals surface area contributed by atoms with Crippen LogP contribution < -0.4 is 5.32 Å². The first kappa shape index (κ1) is 15.7. The molecular formula is C18H24N4O. The fourth-order valence-electron chi connectivity index (χ4n) is 3.07. The number of carbonyl (C=O) groups is 1. The van der Waals surface area contributed by atoms with Gasteiger partial charge in [-0.2, -0.15) is 5.10 Å². The second-order valence-electron chi connectivity index (χ2n) is 5.90. The summed E-state index contributed by atoms with van der Waals surface area (Å²) in [6, 6.07) is 10.2. The largest absolute Gasteiger partial charge is 0.337 e. The van der Waals surface area contributed by atoms with Crippen LogP contribution in [0.1, 0.15) is 35.0 Å². The van der Waals surface area contributed by atoms with Crippen LogP contribution in [0.15, 0.2) is 36.5 Å². The number of aromatic nitrogens is 2. The summed E-state index contributed by atoms with van der Waals surface area (Å²) in [6.07, 6.45) is 3.55. The topological polar surface area (TPSA) is 50.2 Å². The normalized spacial score (nSPS) is 15.4. The lowest BCUT2D eigenvalue weighted by molar-refractivity contribution is 0.0765. The molecule has 1 aliphatic rings. The molecule has 2 aromatic rings. The van der Waals surface area contributed by atoms with E-state index in [0.29, 0.717) is 6.54 Å². The van der Waals surface area contributed by atoms with Gasteiger partial charge in [-0.25, -0.2) is 0 Å². The Balaban J connectivity index is 1.81. The van der Waals surface area contributed by atoms with Crippen molar-refractivity contribution in [2.75, 3.05) is 26.2 Å². The highest BCUT2D eigenvalue weighted by molar-refractivity contribution is 5.95. The molecule has 0 saturated carbocycles. The number of carbonyl (C=O) groups excluding carboxylic acids is 1. The molecule has 5 nitrogen and oxygen atoms in total. The molecule has 1 aromatic heterocycles. The number of hydrogen-bond acceptors (Lipinski definition) is 3. The maximum absolute atomic E-state index is 12.8. The van der Waals surface area contributed by atoms with Gasteiger partial charge in [-0.3, -0.25) is 9.48 Å². The molecule has 2 heterocycles. The molecule has 1 amide bonds. The van der Waals surface area contributed by atoms with Gasteiger partial charge in [0.2, 0.25) is 0 Å². The minimum absolute atomic E-state index is 0.116. The highest BCUT2D eigenvalue weighted by Gasteiger charge is 2.22. The van der Waals surface area contributed by atoms with Crippen molar-refractivity contribution in [3.05, 3.63) is 53.3 Å². The zero-order valence-corrected chi connectivity index (χ0v) is 13.7. The Morgan fingerprint density at radius 1 is 1.22 bits per heavy atom. The molecule has 1 N–H and O–H groups in total. The Kier molecular flexibility index (Phi) is 5.08. The first-order chi connectivity index (χ1) is 11.3. The predicted molar refractivity (Wildman–Crippen MR) is 90.5 cm³/mol. The summed E-state index contributed by atoms with van der Waals surface area (Å²) in [4.78, 5) is 14.8. The lowest BCUT2D eigenvalue weighted by atomic mass is 10.1. The Bertz CT molecular complexity index is 642. The van der Waals surface area contributed by atoms with E-state index >= 15 is 0 Å². The minimum atomic E-state index is 0.116. The standard InChI is InChI=1S/C18H24N4O/c1-2-17-16(18(23)21-11-6-9-19-10-12-21)13-20-22(17)14-15-7-4-3-5-8-15/h3-5,7-8,13,19H,2,6,9-12,14H2,1H3. The first-order valence-electron chi connectivity index (χ1n) is 8.38. The maximum Gasteiger partial charge on any atom is 0.257 e. The molecule has 0 atom stereocenters. The molecule has 1 fully saturated rings. The first-order valence-corrected chi connectivity index (χ1v) is 8.38. The molecule has 5 heteroatoms. The number of hydrogen-bond donors (Lipinski definition) is 1. The summed E-state index contributed by atoms with van der Waals surface area (Å²) in [5, 5.41) is 7.81. The van der Waals surface area contributed by atoms with Crippen LogP contribution in [-0.2, 0) is 13.0 Å². The van der Waals surface area contributed by atoms with Crippen molar-refractivity contribution in [2.24, 2.45) is 0 Å². The second kappa shape index (κ2) is 7.42. The van der Waals surface area contributed by atoms with Crippen molar-refractivity contribution in [3.63, 3.8) is 0 Å². The number of benzene rings is 1. The number of rotatable bonds is 4. The lowest BCUT2D eigenvalue weighted by Crippen LogP contribution is -2.34. The van der Waals surface area contributed by atoms with Gasteiger partial charge in [0, 0.05) is 19.6 Å². The van der Waals surface area contributed by atoms with Crippen LogP contribution in [0.5, 0.6) is 0 Å². The van der Waals surface area contributed by atoms with Gasteiger partial charge in [-0.05, 0) is 24.9 Å². The van der Waals surface area contributed by atoms with Crippen LogP contribution in [0, 0.1) is 0 Å². The second-order valence-corrected chi connectivity index (χ2v) is 5.90. The zero-order valence-electron chi connectivity index (χ0n) is 13.7. The van der Waals surface area contributed by atoms with Crippen molar-refractivity contribution >= 4 is 5.91 Å². The van der Waals surface area contributed by atoms with Crippen LogP contribution >= 0.6 is 0 Å². The molecule has 0 radical (unpaired) electrons. The lowest BCUT2D eigenvalue weighted by Gasteiger charge is -2.20. The number of nitrogens with zero attached hydrogens (tertiary/aromatic N) is 3. The van der Waals surface area contributed by atoms with Gasteiger partial charge >= 0.3 is 0 Å². The van der Waals surface area contributed by atoms with E-state index in [-0.39, 0.29) is 5.91 Å². The summed E-state index contributed by atoms with van der Waals surface area (Å²) >= 11 is 0. The van der Waals surface area contributed by atoms with E-state index in [0.717, 1.165) is 50.3 Å². The highest BCUT2D eigenvalue weighted by Crippen LogP contribution is 2.15. The molecule has 0 spiro atoms. The molecule has 0 unspecified atom stereocenters. The molecule has 1 aromatic carbocycles. The molecule has 3 rings (SSSR count). The van der Waals surface area contributed by atoms with Crippen LogP contribution in [-0.4, -0.2) is 46.8 Å². The number of amides is 1. The Morgan fingerprint density at radius 3 is 2.83 bits per heavy atom. The van der Waals surface area contributed by atoms with E-state index in [4.69, 9.17) is 0 Å². The van der Waals surface area contributed by atoms with Crippen LogP contribution in [0.2, 0.25) is 0 Å². The molecule has 122 valence electrons. The Labute approximate surface area is 137 Å². The van der Waals surface area contributed by atoms with Crippen molar-refractivity contribution in [2.45, 2.75) is 26.3 Å². The van der Waals surface area contributed by atoms with Gasteiger partial charge in [0.1, 0.15) is 0 Å². The van der Waals surface area contributed by atoms with E-state index in [2.05, 4.69) is 29.5 Å². The van der Waals surface area contributed by atoms with Gasteiger partial charge in [0.05, 0.1) is 24.0 Å². The summed E-state index contributed by atoms with van der Waals surface area (Å²) < 4.78 is 1.96. The Morgan fingerprint density at radius 2 is 2.04 bits per heavy atom. The van der Waals surface area contributed by atoms with E-state index in [1.165, 1.54) is 5.56 Å². The van der Waals surface area contributed by atoms with E-state index in [9.17, 15) is 4.79 Å². The average Bonchev–Trinajstić information content (AvgIpc) is 2.80. The Hall–Kier alpha value is -2.14. The van der Waals surface area contributed by atoms with Crippen molar-refractivity contribution in [1.29, 1.82) is 0 Å². The molecular weight excluding hydrogens is 288 g/mol. The van der Waals surface area contributed by atoms with Gasteiger partial charge < -0.3 is 10.2 Å².